The van der Waals surface area contributed by atoms with Gasteiger partial charge in [-0.15, -0.1) is 6.58 Å². The van der Waals surface area contributed by atoms with Crippen LogP contribution in [0.4, 0.5) is 0 Å². The monoisotopic (exact) mass is 273 g/mol. The zero-order valence-corrected chi connectivity index (χ0v) is 10.4. The molecule has 14 heavy (non-hydrogen) atoms. The largest absolute Gasteiger partial charge is 0.324 e. The fourth-order valence-corrected chi connectivity index (χ4v) is 2.26. The number of halogens is 2. The normalized spacial score (nSPS) is 12.6. The molecule has 1 nitrogen and oxygen atoms in total. The first-order valence-electron chi connectivity index (χ1n) is 4.35. The minimum absolute atomic E-state index is 0.0147. The van der Waals surface area contributed by atoms with Crippen molar-refractivity contribution in [1.82, 2.24) is 0 Å². The van der Waals surface area contributed by atoms with E-state index in [9.17, 15) is 0 Å². The van der Waals surface area contributed by atoms with Gasteiger partial charge >= 0.3 is 0 Å². The molecule has 0 aliphatic rings. The first kappa shape index (κ1) is 11.8. The van der Waals surface area contributed by atoms with Crippen molar-refractivity contribution in [1.29, 1.82) is 0 Å². The lowest BCUT2D eigenvalue weighted by Gasteiger charge is -2.13. The third kappa shape index (κ3) is 3.12. The highest BCUT2D eigenvalue weighted by Crippen LogP contribution is 2.28. The fourth-order valence-electron chi connectivity index (χ4n) is 1.29. The summed E-state index contributed by atoms with van der Waals surface area (Å²) in [6, 6.07) is 5.63. The smallest absolute Gasteiger partial charge is 0.0417 e. The standard InChI is InChI=1S/C11H13BrClN/c1-7(2)5-11(14)9-4-3-8(13)6-10(9)12/h3-4,6,11H,1,5,14H2,2H3/t11-/m0/s1. The summed E-state index contributed by atoms with van der Waals surface area (Å²) < 4.78 is 0.957. The van der Waals surface area contributed by atoms with Crippen molar-refractivity contribution in [3.63, 3.8) is 0 Å². The Bertz CT molecular complexity index is 349. The maximum atomic E-state index is 6.01. The molecule has 2 N–H and O–H groups in total. The molecule has 0 spiro atoms. The fraction of sp³-hybridized carbons (Fsp3) is 0.273. The SMILES string of the molecule is C=C(C)C[C@H](N)c1ccc(Cl)cc1Br. The van der Waals surface area contributed by atoms with Crippen LogP contribution in [0.2, 0.25) is 5.02 Å². The van der Waals surface area contributed by atoms with Crippen molar-refractivity contribution in [2.24, 2.45) is 5.73 Å². The van der Waals surface area contributed by atoms with Crippen LogP contribution >= 0.6 is 27.5 Å². The average Bonchev–Trinajstić information content (AvgIpc) is 2.01. The number of hydrogen-bond acceptors (Lipinski definition) is 1. The van der Waals surface area contributed by atoms with E-state index in [-0.39, 0.29) is 6.04 Å². The first-order valence-corrected chi connectivity index (χ1v) is 5.52. The molecule has 0 aliphatic heterocycles. The van der Waals surface area contributed by atoms with Crippen LogP contribution in [0.3, 0.4) is 0 Å². The van der Waals surface area contributed by atoms with E-state index < -0.39 is 0 Å². The Balaban J connectivity index is 2.90. The second-order valence-corrected chi connectivity index (χ2v) is 4.72. The molecule has 0 radical (unpaired) electrons. The lowest BCUT2D eigenvalue weighted by Crippen LogP contribution is -2.10. The Labute approximate surface area is 98.1 Å². The van der Waals surface area contributed by atoms with E-state index in [2.05, 4.69) is 22.5 Å². The van der Waals surface area contributed by atoms with E-state index in [4.69, 9.17) is 17.3 Å². The van der Waals surface area contributed by atoms with Gasteiger partial charge in [-0.05, 0) is 31.0 Å². The molecule has 0 saturated carbocycles. The molecule has 0 aliphatic carbocycles. The van der Waals surface area contributed by atoms with Crippen molar-refractivity contribution in [2.45, 2.75) is 19.4 Å². The van der Waals surface area contributed by atoms with Gasteiger partial charge in [0.2, 0.25) is 0 Å². The molecule has 0 fully saturated rings. The Morgan fingerprint density at radius 1 is 1.64 bits per heavy atom. The summed E-state index contributed by atoms with van der Waals surface area (Å²) in [6.07, 6.45) is 0.792. The molecule has 0 unspecified atom stereocenters. The van der Waals surface area contributed by atoms with Gasteiger partial charge in [0, 0.05) is 15.5 Å². The van der Waals surface area contributed by atoms with Gasteiger partial charge in [-0.3, -0.25) is 0 Å². The van der Waals surface area contributed by atoms with Crippen molar-refractivity contribution in [2.75, 3.05) is 0 Å². The molecular weight excluding hydrogens is 261 g/mol. The van der Waals surface area contributed by atoms with Gasteiger partial charge < -0.3 is 5.73 Å². The molecular formula is C11H13BrClN. The highest BCUT2D eigenvalue weighted by molar-refractivity contribution is 9.10. The molecule has 0 amide bonds. The molecule has 0 heterocycles. The molecule has 0 bridgehead atoms. The van der Waals surface area contributed by atoms with Gasteiger partial charge in [-0.25, -0.2) is 0 Å². The molecule has 0 aromatic heterocycles. The van der Waals surface area contributed by atoms with Gasteiger partial charge in [-0.2, -0.15) is 0 Å². The highest BCUT2D eigenvalue weighted by Gasteiger charge is 2.09. The maximum Gasteiger partial charge on any atom is 0.0417 e. The lowest BCUT2D eigenvalue weighted by molar-refractivity contribution is 0.714. The second kappa shape index (κ2) is 4.96. The molecule has 0 saturated heterocycles. The molecule has 1 aromatic rings. The molecule has 1 atom stereocenters. The Hall–Kier alpha value is -0.310. The zero-order valence-electron chi connectivity index (χ0n) is 8.06. The minimum Gasteiger partial charge on any atom is -0.324 e. The van der Waals surface area contributed by atoms with Crippen LogP contribution in [0.5, 0.6) is 0 Å². The summed E-state index contributed by atoms with van der Waals surface area (Å²) >= 11 is 9.28. The summed E-state index contributed by atoms with van der Waals surface area (Å²) in [5.74, 6) is 0. The molecule has 1 rings (SSSR count). The number of rotatable bonds is 3. The molecule has 3 heteroatoms. The van der Waals surface area contributed by atoms with E-state index >= 15 is 0 Å². The van der Waals surface area contributed by atoms with Crippen LogP contribution in [-0.4, -0.2) is 0 Å². The van der Waals surface area contributed by atoms with Crippen molar-refractivity contribution in [3.8, 4) is 0 Å². The van der Waals surface area contributed by atoms with Gasteiger partial charge in [0.25, 0.3) is 0 Å². The molecule has 1 aromatic carbocycles. The Morgan fingerprint density at radius 2 is 2.29 bits per heavy atom. The van der Waals surface area contributed by atoms with E-state index in [0.29, 0.717) is 5.02 Å². The van der Waals surface area contributed by atoms with Crippen molar-refractivity contribution >= 4 is 27.5 Å². The van der Waals surface area contributed by atoms with Gasteiger partial charge in [0.05, 0.1) is 0 Å². The maximum absolute atomic E-state index is 6.01. The van der Waals surface area contributed by atoms with Gasteiger partial charge in [0.1, 0.15) is 0 Å². The number of benzene rings is 1. The molecule has 76 valence electrons. The van der Waals surface area contributed by atoms with E-state index in [1.54, 1.807) is 0 Å². The Morgan fingerprint density at radius 3 is 2.79 bits per heavy atom. The second-order valence-electron chi connectivity index (χ2n) is 3.43. The summed E-state index contributed by atoms with van der Waals surface area (Å²) in [5, 5.41) is 0.711. The summed E-state index contributed by atoms with van der Waals surface area (Å²) in [6.45, 7) is 5.82. The van der Waals surface area contributed by atoms with Crippen molar-refractivity contribution < 1.29 is 0 Å². The Kier molecular flexibility index (Phi) is 4.17. The quantitative estimate of drug-likeness (QED) is 0.826. The third-order valence-electron chi connectivity index (χ3n) is 1.93. The predicted octanol–water partition coefficient (Wildman–Crippen LogP) is 4.07. The van der Waals surface area contributed by atoms with Crippen LogP contribution in [0.15, 0.2) is 34.8 Å². The van der Waals surface area contributed by atoms with E-state index in [1.807, 2.05) is 25.1 Å². The van der Waals surface area contributed by atoms with Gasteiger partial charge in [0.15, 0.2) is 0 Å². The average molecular weight is 275 g/mol. The van der Waals surface area contributed by atoms with Crippen LogP contribution in [0.1, 0.15) is 24.9 Å². The predicted molar refractivity (Wildman–Crippen MR) is 65.5 cm³/mol. The van der Waals surface area contributed by atoms with E-state index in [1.165, 1.54) is 0 Å². The van der Waals surface area contributed by atoms with E-state index in [0.717, 1.165) is 22.0 Å². The number of nitrogens with two attached hydrogens (primary N) is 1. The first-order chi connectivity index (χ1) is 6.50. The van der Waals surface area contributed by atoms with Gasteiger partial charge in [-0.1, -0.05) is 39.2 Å². The summed E-state index contributed by atoms with van der Waals surface area (Å²) in [5.41, 5.74) is 8.16. The highest BCUT2D eigenvalue weighted by atomic mass is 79.9. The lowest BCUT2D eigenvalue weighted by atomic mass is 10.0. The van der Waals surface area contributed by atoms with Crippen LogP contribution in [0, 0.1) is 0 Å². The van der Waals surface area contributed by atoms with Crippen LogP contribution < -0.4 is 5.73 Å². The van der Waals surface area contributed by atoms with Crippen molar-refractivity contribution in [3.05, 3.63) is 45.4 Å². The van der Waals surface area contributed by atoms with Crippen LogP contribution in [0.25, 0.3) is 0 Å². The summed E-state index contributed by atoms with van der Waals surface area (Å²) in [7, 11) is 0. The third-order valence-corrected chi connectivity index (χ3v) is 2.85. The number of hydrogen-bond donors (Lipinski definition) is 1. The van der Waals surface area contributed by atoms with Crippen LogP contribution in [-0.2, 0) is 0 Å². The zero-order chi connectivity index (χ0) is 10.7. The minimum atomic E-state index is -0.0147. The topological polar surface area (TPSA) is 26.0 Å². The summed E-state index contributed by atoms with van der Waals surface area (Å²) in [4.78, 5) is 0.